The molecule has 0 bridgehead atoms. The van der Waals surface area contributed by atoms with E-state index in [2.05, 4.69) is 10.2 Å². The smallest absolute Gasteiger partial charge is 0.254 e. The third-order valence-electron chi connectivity index (χ3n) is 5.12. The summed E-state index contributed by atoms with van der Waals surface area (Å²) >= 11 is 0. The van der Waals surface area contributed by atoms with Gasteiger partial charge in [-0.15, -0.1) is 0 Å². The average Bonchev–Trinajstić information content (AvgIpc) is 2.70. The molecule has 1 fully saturated rings. The van der Waals surface area contributed by atoms with E-state index in [9.17, 15) is 14.3 Å². The molecule has 27 heavy (non-hydrogen) atoms. The number of halogens is 1. The second-order valence-electron chi connectivity index (χ2n) is 6.84. The summed E-state index contributed by atoms with van der Waals surface area (Å²) in [5, 5.41) is 13.7. The van der Waals surface area contributed by atoms with Gasteiger partial charge in [-0.05, 0) is 42.7 Å². The van der Waals surface area contributed by atoms with E-state index < -0.39 is 17.3 Å². The Hall–Kier alpha value is -2.44. The highest BCUT2D eigenvalue weighted by Crippen LogP contribution is 2.34. The van der Waals surface area contributed by atoms with Gasteiger partial charge in [0.1, 0.15) is 11.6 Å². The first kappa shape index (κ1) is 19.3. The molecule has 1 amide bonds. The minimum atomic E-state index is -0.860. The molecule has 0 aromatic heterocycles. The molecular formula is C21H25FN2O3. The number of likely N-dealkylation sites (tertiary alicyclic amines) is 1. The Bertz CT molecular complexity index is 789. The number of ether oxygens (including phenoxy) is 1. The Labute approximate surface area is 158 Å². The molecule has 0 atom stereocenters. The van der Waals surface area contributed by atoms with Crippen LogP contribution in [0.4, 0.5) is 4.39 Å². The van der Waals surface area contributed by atoms with Gasteiger partial charge >= 0.3 is 0 Å². The van der Waals surface area contributed by atoms with Crippen LogP contribution >= 0.6 is 0 Å². The quantitative estimate of drug-likeness (QED) is 0.818. The molecular weight excluding hydrogens is 347 g/mol. The highest BCUT2D eigenvalue weighted by atomic mass is 19.1. The lowest BCUT2D eigenvalue weighted by Crippen LogP contribution is -2.45. The topological polar surface area (TPSA) is 61.8 Å². The molecule has 1 aliphatic rings. The van der Waals surface area contributed by atoms with Crippen LogP contribution in [0.5, 0.6) is 5.75 Å². The molecule has 2 aromatic carbocycles. The molecule has 0 saturated carbocycles. The van der Waals surface area contributed by atoms with Crippen molar-refractivity contribution in [2.75, 3.05) is 33.3 Å². The van der Waals surface area contributed by atoms with Gasteiger partial charge < -0.3 is 20.1 Å². The van der Waals surface area contributed by atoms with E-state index in [1.54, 1.807) is 19.2 Å². The number of carbonyl (C=O) groups is 1. The van der Waals surface area contributed by atoms with Gasteiger partial charge in [0, 0.05) is 26.2 Å². The zero-order valence-electron chi connectivity index (χ0n) is 15.5. The zero-order chi connectivity index (χ0) is 19.3. The number of rotatable bonds is 6. The standard InChI is InChI=1S/C21H25FN2O3/c1-27-17-6-4-5-16(15-17)21(26)9-12-24(13-10-21)14-11-23-20(25)18-7-2-3-8-19(18)22/h2-8,15,26H,9-14H2,1H3,(H,23,25). The van der Waals surface area contributed by atoms with E-state index in [1.165, 1.54) is 12.1 Å². The van der Waals surface area contributed by atoms with E-state index >= 15 is 0 Å². The molecule has 5 nitrogen and oxygen atoms in total. The minimum absolute atomic E-state index is 0.0588. The van der Waals surface area contributed by atoms with Gasteiger partial charge in [-0.2, -0.15) is 0 Å². The summed E-state index contributed by atoms with van der Waals surface area (Å²) in [6.07, 6.45) is 1.23. The van der Waals surface area contributed by atoms with Crippen molar-refractivity contribution in [1.82, 2.24) is 10.2 Å². The summed E-state index contributed by atoms with van der Waals surface area (Å²) in [5.41, 5.74) is 0.0689. The van der Waals surface area contributed by atoms with Gasteiger partial charge in [0.15, 0.2) is 0 Å². The highest BCUT2D eigenvalue weighted by molar-refractivity contribution is 5.94. The number of nitrogens with one attached hydrogen (secondary N) is 1. The number of nitrogens with zero attached hydrogens (tertiary/aromatic N) is 1. The van der Waals surface area contributed by atoms with Gasteiger partial charge in [0.05, 0.1) is 18.3 Å². The molecule has 1 saturated heterocycles. The molecule has 0 aliphatic carbocycles. The maximum absolute atomic E-state index is 13.6. The Morgan fingerprint density at radius 2 is 1.96 bits per heavy atom. The average molecular weight is 372 g/mol. The molecule has 2 aromatic rings. The maximum Gasteiger partial charge on any atom is 0.254 e. The molecule has 1 aliphatic heterocycles. The van der Waals surface area contributed by atoms with Crippen LogP contribution in [0, 0.1) is 5.82 Å². The van der Waals surface area contributed by atoms with Crippen molar-refractivity contribution in [3.63, 3.8) is 0 Å². The molecule has 3 rings (SSSR count). The van der Waals surface area contributed by atoms with Crippen LogP contribution < -0.4 is 10.1 Å². The lowest BCUT2D eigenvalue weighted by atomic mass is 9.84. The van der Waals surface area contributed by atoms with Crippen molar-refractivity contribution in [3.05, 3.63) is 65.5 Å². The number of carbonyl (C=O) groups excluding carboxylic acids is 1. The lowest BCUT2D eigenvalue weighted by molar-refractivity contribution is -0.0256. The summed E-state index contributed by atoms with van der Waals surface area (Å²) < 4.78 is 18.9. The highest BCUT2D eigenvalue weighted by Gasteiger charge is 2.34. The second kappa shape index (κ2) is 8.50. The van der Waals surface area contributed by atoms with Crippen LogP contribution in [0.25, 0.3) is 0 Å². The van der Waals surface area contributed by atoms with Gasteiger partial charge in [-0.1, -0.05) is 24.3 Å². The molecule has 0 unspecified atom stereocenters. The molecule has 1 heterocycles. The number of hydrogen-bond acceptors (Lipinski definition) is 4. The first-order valence-corrected chi connectivity index (χ1v) is 9.14. The monoisotopic (exact) mass is 372 g/mol. The minimum Gasteiger partial charge on any atom is -0.497 e. The van der Waals surface area contributed by atoms with E-state index in [1.807, 2.05) is 24.3 Å². The van der Waals surface area contributed by atoms with E-state index in [0.29, 0.717) is 25.9 Å². The van der Waals surface area contributed by atoms with Crippen LogP contribution in [0.2, 0.25) is 0 Å². The molecule has 6 heteroatoms. The fraction of sp³-hybridized carbons (Fsp3) is 0.381. The third-order valence-corrected chi connectivity index (χ3v) is 5.12. The second-order valence-corrected chi connectivity index (χ2v) is 6.84. The predicted molar refractivity (Wildman–Crippen MR) is 101 cm³/mol. The van der Waals surface area contributed by atoms with Crippen molar-refractivity contribution in [3.8, 4) is 5.75 Å². The van der Waals surface area contributed by atoms with Crippen molar-refractivity contribution < 1.29 is 19.0 Å². The van der Waals surface area contributed by atoms with Crippen LogP contribution in [-0.2, 0) is 5.60 Å². The van der Waals surface area contributed by atoms with E-state index in [4.69, 9.17) is 4.74 Å². The van der Waals surface area contributed by atoms with Gasteiger partial charge in [-0.3, -0.25) is 4.79 Å². The number of hydrogen-bond donors (Lipinski definition) is 2. The first-order chi connectivity index (χ1) is 13.0. The Balaban J connectivity index is 1.48. The lowest BCUT2D eigenvalue weighted by Gasteiger charge is -2.38. The number of piperidine rings is 1. The van der Waals surface area contributed by atoms with E-state index in [0.717, 1.165) is 24.4 Å². The fourth-order valence-electron chi connectivity index (χ4n) is 3.42. The van der Waals surface area contributed by atoms with Crippen molar-refractivity contribution in [2.45, 2.75) is 18.4 Å². The maximum atomic E-state index is 13.6. The van der Waals surface area contributed by atoms with Gasteiger partial charge in [0.2, 0.25) is 0 Å². The predicted octanol–water partition coefficient (Wildman–Crippen LogP) is 2.55. The Morgan fingerprint density at radius 1 is 1.22 bits per heavy atom. The Morgan fingerprint density at radius 3 is 2.67 bits per heavy atom. The number of amides is 1. The number of benzene rings is 2. The SMILES string of the molecule is COc1cccc(C2(O)CCN(CCNC(=O)c3ccccc3F)CC2)c1. The van der Waals surface area contributed by atoms with Crippen molar-refractivity contribution in [2.24, 2.45) is 0 Å². The molecule has 144 valence electrons. The Kier molecular flexibility index (Phi) is 6.08. The van der Waals surface area contributed by atoms with Gasteiger partial charge in [-0.25, -0.2) is 4.39 Å². The summed E-state index contributed by atoms with van der Waals surface area (Å²) in [5.74, 6) is -0.187. The molecule has 2 N–H and O–H groups in total. The van der Waals surface area contributed by atoms with Crippen LogP contribution in [0.3, 0.4) is 0 Å². The van der Waals surface area contributed by atoms with Crippen LogP contribution in [0.15, 0.2) is 48.5 Å². The number of aliphatic hydroxyl groups is 1. The summed E-state index contributed by atoms with van der Waals surface area (Å²) in [7, 11) is 1.61. The summed E-state index contributed by atoms with van der Waals surface area (Å²) in [6, 6.07) is 13.5. The normalized spacial score (nSPS) is 16.7. The largest absolute Gasteiger partial charge is 0.497 e. The van der Waals surface area contributed by atoms with E-state index in [-0.39, 0.29) is 5.56 Å². The fourth-order valence-corrected chi connectivity index (χ4v) is 3.42. The number of methoxy groups -OCH3 is 1. The van der Waals surface area contributed by atoms with Crippen LogP contribution in [0.1, 0.15) is 28.8 Å². The van der Waals surface area contributed by atoms with Crippen LogP contribution in [-0.4, -0.2) is 49.2 Å². The van der Waals surface area contributed by atoms with Gasteiger partial charge in [0.25, 0.3) is 5.91 Å². The first-order valence-electron chi connectivity index (χ1n) is 9.14. The van der Waals surface area contributed by atoms with Crippen molar-refractivity contribution in [1.29, 1.82) is 0 Å². The molecule has 0 spiro atoms. The molecule has 0 radical (unpaired) electrons. The summed E-state index contributed by atoms with van der Waals surface area (Å²) in [6.45, 7) is 2.55. The summed E-state index contributed by atoms with van der Waals surface area (Å²) in [4.78, 5) is 14.2. The zero-order valence-corrected chi connectivity index (χ0v) is 15.5. The van der Waals surface area contributed by atoms with Crippen molar-refractivity contribution >= 4 is 5.91 Å². The third kappa shape index (κ3) is 4.64.